The van der Waals surface area contributed by atoms with Crippen molar-refractivity contribution < 1.29 is 9.53 Å². The van der Waals surface area contributed by atoms with Crippen LogP contribution in [-0.2, 0) is 4.79 Å². The molecular weight excluding hydrogens is 322 g/mol. The van der Waals surface area contributed by atoms with Crippen molar-refractivity contribution in [2.75, 3.05) is 5.32 Å². The summed E-state index contributed by atoms with van der Waals surface area (Å²) in [5, 5.41) is 2.80. The fourth-order valence-corrected chi connectivity index (χ4v) is 2.75. The lowest BCUT2D eigenvalue weighted by molar-refractivity contribution is -0.111. The molecule has 1 amide bonds. The van der Waals surface area contributed by atoms with E-state index in [1.165, 1.54) is 11.0 Å². The molecule has 0 saturated heterocycles. The van der Waals surface area contributed by atoms with Gasteiger partial charge in [-0.3, -0.25) is 4.79 Å². The minimum Gasteiger partial charge on any atom is -0.424 e. The van der Waals surface area contributed by atoms with Crippen LogP contribution in [0.15, 0.2) is 60.9 Å². The summed E-state index contributed by atoms with van der Waals surface area (Å²) in [5.41, 5.74) is 0.639. The molecule has 3 rings (SSSR count). The normalized spacial score (nSPS) is 10.7. The van der Waals surface area contributed by atoms with Gasteiger partial charge in [0.15, 0.2) is 0 Å². The van der Waals surface area contributed by atoms with Crippen LogP contribution in [0.2, 0.25) is 0 Å². The van der Waals surface area contributed by atoms with E-state index >= 15 is 0 Å². The first-order valence-electron chi connectivity index (χ1n) is 7.29. The molecule has 5 nitrogen and oxygen atoms in total. The minimum absolute atomic E-state index is 0.200. The Labute approximate surface area is 143 Å². The molecule has 0 bridgehead atoms. The summed E-state index contributed by atoms with van der Waals surface area (Å²) < 4.78 is 5.54. The Hall–Kier alpha value is -2.99. The third kappa shape index (κ3) is 4.50. The summed E-state index contributed by atoms with van der Waals surface area (Å²) >= 11 is 1.64. The highest BCUT2D eigenvalue weighted by atomic mass is 32.1. The van der Waals surface area contributed by atoms with E-state index in [9.17, 15) is 4.79 Å². The van der Waals surface area contributed by atoms with Gasteiger partial charge in [0.2, 0.25) is 5.91 Å². The number of rotatable bonds is 5. The zero-order chi connectivity index (χ0) is 16.8. The Bertz CT molecular complexity index is 859. The molecule has 3 aromatic rings. The first-order valence-corrected chi connectivity index (χ1v) is 8.11. The first kappa shape index (κ1) is 15.9. The Morgan fingerprint density at radius 2 is 2.00 bits per heavy atom. The van der Waals surface area contributed by atoms with E-state index in [4.69, 9.17) is 4.74 Å². The second-order valence-corrected chi connectivity index (χ2v) is 6.25. The van der Waals surface area contributed by atoms with Gasteiger partial charge in [-0.2, -0.15) is 0 Å². The van der Waals surface area contributed by atoms with Gasteiger partial charge in [0.1, 0.15) is 5.75 Å². The predicted octanol–water partition coefficient (Wildman–Crippen LogP) is 4.29. The number of ether oxygens (including phenoxy) is 1. The lowest BCUT2D eigenvalue weighted by atomic mass is 10.3. The minimum atomic E-state index is -0.200. The predicted molar refractivity (Wildman–Crippen MR) is 95.3 cm³/mol. The smallest absolute Gasteiger partial charge is 0.321 e. The van der Waals surface area contributed by atoms with Crippen LogP contribution in [0, 0.1) is 6.92 Å². The quantitative estimate of drug-likeness (QED) is 0.705. The highest BCUT2D eigenvalue weighted by Crippen LogP contribution is 2.21. The number of aromatic nitrogens is 2. The van der Waals surface area contributed by atoms with Crippen LogP contribution in [0.25, 0.3) is 6.08 Å². The molecule has 0 spiro atoms. The zero-order valence-corrected chi connectivity index (χ0v) is 13.8. The van der Waals surface area contributed by atoms with Crippen LogP contribution in [-0.4, -0.2) is 15.9 Å². The van der Waals surface area contributed by atoms with Gasteiger partial charge in [-0.05, 0) is 43.3 Å². The van der Waals surface area contributed by atoms with Crippen molar-refractivity contribution in [3.63, 3.8) is 0 Å². The van der Waals surface area contributed by atoms with E-state index in [1.54, 1.807) is 60.1 Å². The lowest BCUT2D eigenvalue weighted by Gasteiger charge is -2.06. The van der Waals surface area contributed by atoms with Gasteiger partial charge in [-0.25, -0.2) is 9.97 Å². The van der Waals surface area contributed by atoms with Crippen molar-refractivity contribution >= 4 is 29.0 Å². The maximum Gasteiger partial charge on any atom is 0.321 e. The van der Waals surface area contributed by atoms with Gasteiger partial charge in [0.05, 0.1) is 0 Å². The molecule has 0 saturated carbocycles. The third-order valence-electron chi connectivity index (χ3n) is 3.01. The number of hydrogen-bond acceptors (Lipinski definition) is 5. The second-order valence-electron chi connectivity index (χ2n) is 4.93. The van der Waals surface area contributed by atoms with Crippen molar-refractivity contribution in [2.45, 2.75) is 6.92 Å². The number of nitrogens with one attached hydrogen (secondary N) is 1. The Kier molecular flexibility index (Phi) is 4.98. The maximum absolute atomic E-state index is 12.0. The molecule has 0 atom stereocenters. The summed E-state index contributed by atoms with van der Waals surface area (Å²) in [5.74, 6) is 0.353. The van der Waals surface area contributed by atoms with Crippen LogP contribution < -0.4 is 10.1 Å². The summed E-state index contributed by atoms with van der Waals surface area (Å²) in [6.07, 6.45) is 6.51. The van der Waals surface area contributed by atoms with Gasteiger partial charge in [0, 0.05) is 40.0 Å². The van der Waals surface area contributed by atoms with Crippen molar-refractivity contribution in [1.82, 2.24) is 9.97 Å². The number of anilines is 1. The number of amides is 1. The molecule has 24 heavy (non-hydrogen) atoms. The number of carbonyl (C=O) groups is 1. The topological polar surface area (TPSA) is 64.1 Å². The van der Waals surface area contributed by atoms with Crippen LogP contribution >= 0.6 is 11.3 Å². The monoisotopic (exact) mass is 337 g/mol. The number of carbonyl (C=O) groups excluding carboxylic acids is 1. The molecule has 1 N–H and O–H groups in total. The molecule has 0 unspecified atom stereocenters. The van der Waals surface area contributed by atoms with E-state index < -0.39 is 0 Å². The molecule has 0 aliphatic rings. The average molecular weight is 337 g/mol. The van der Waals surface area contributed by atoms with Crippen LogP contribution in [0.5, 0.6) is 11.8 Å². The van der Waals surface area contributed by atoms with E-state index in [0.717, 1.165) is 4.88 Å². The molecule has 0 fully saturated rings. The van der Waals surface area contributed by atoms with Crippen molar-refractivity contribution in [3.05, 3.63) is 70.7 Å². The van der Waals surface area contributed by atoms with Crippen LogP contribution in [0.3, 0.4) is 0 Å². The highest BCUT2D eigenvalue weighted by molar-refractivity contribution is 7.12. The third-order valence-corrected chi connectivity index (χ3v) is 3.98. The molecule has 0 aliphatic carbocycles. The fourth-order valence-electron chi connectivity index (χ4n) is 1.97. The molecular formula is C18H15N3O2S. The average Bonchev–Trinajstić information content (AvgIpc) is 3.00. The van der Waals surface area contributed by atoms with Gasteiger partial charge >= 0.3 is 6.01 Å². The Balaban J connectivity index is 1.63. The molecule has 2 aromatic heterocycles. The first-order chi connectivity index (χ1) is 11.7. The van der Waals surface area contributed by atoms with E-state index in [2.05, 4.69) is 15.3 Å². The molecule has 6 heteroatoms. The molecule has 0 aliphatic heterocycles. The SMILES string of the molecule is Cc1ccc(/C=C\C(=O)Nc2cccc(Oc3ncccn3)c2)s1. The summed E-state index contributed by atoms with van der Waals surface area (Å²) in [4.78, 5) is 22.3. The van der Waals surface area contributed by atoms with E-state index in [1.807, 2.05) is 19.1 Å². The van der Waals surface area contributed by atoms with Crippen LogP contribution in [0.1, 0.15) is 9.75 Å². The van der Waals surface area contributed by atoms with Crippen LogP contribution in [0.4, 0.5) is 5.69 Å². The largest absolute Gasteiger partial charge is 0.424 e. The lowest BCUT2D eigenvalue weighted by Crippen LogP contribution is -2.07. The molecule has 2 heterocycles. The van der Waals surface area contributed by atoms with E-state index in [0.29, 0.717) is 11.4 Å². The van der Waals surface area contributed by atoms with Gasteiger partial charge in [-0.15, -0.1) is 11.3 Å². The Morgan fingerprint density at radius 3 is 2.75 bits per heavy atom. The van der Waals surface area contributed by atoms with E-state index in [-0.39, 0.29) is 11.9 Å². The highest BCUT2D eigenvalue weighted by Gasteiger charge is 2.03. The maximum atomic E-state index is 12.0. The molecule has 120 valence electrons. The number of hydrogen-bond donors (Lipinski definition) is 1. The number of nitrogens with zero attached hydrogens (tertiary/aromatic N) is 2. The van der Waals surface area contributed by atoms with Gasteiger partial charge in [0.25, 0.3) is 0 Å². The molecule has 0 radical (unpaired) electrons. The second kappa shape index (κ2) is 7.52. The van der Waals surface area contributed by atoms with Gasteiger partial charge < -0.3 is 10.1 Å². The molecule has 1 aromatic carbocycles. The van der Waals surface area contributed by atoms with Crippen molar-refractivity contribution in [3.8, 4) is 11.8 Å². The van der Waals surface area contributed by atoms with Crippen molar-refractivity contribution in [1.29, 1.82) is 0 Å². The number of thiophene rings is 1. The number of benzene rings is 1. The zero-order valence-electron chi connectivity index (χ0n) is 13.0. The van der Waals surface area contributed by atoms with Crippen molar-refractivity contribution in [2.24, 2.45) is 0 Å². The summed E-state index contributed by atoms with van der Waals surface area (Å²) in [6, 6.07) is 13.1. The summed E-state index contributed by atoms with van der Waals surface area (Å²) in [6.45, 7) is 2.03. The Morgan fingerprint density at radius 1 is 1.17 bits per heavy atom. The van der Waals surface area contributed by atoms with Gasteiger partial charge in [-0.1, -0.05) is 6.07 Å². The fraction of sp³-hybridized carbons (Fsp3) is 0.0556. The standard InChI is InChI=1S/C18H15N3O2S/c1-13-6-7-16(24-13)8-9-17(22)21-14-4-2-5-15(12-14)23-18-19-10-3-11-20-18/h2-12H,1H3,(H,21,22)/b9-8-. The number of aryl methyl sites for hydroxylation is 1. The summed E-state index contributed by atoms with van der Waals surface area (Å²) in [7, 11) is 0.